The molecular weight excluding hydrogens is 386 g/mol. The highest BCUT2D eigenvalue weighted by Gasteiger charge is 2.56. The fraction of sp³-hybridized carbons (Fsp3) is 0.550. The van der Waals surface area contributed by atoms with E-state index >= 15 is 0 Å². The number of rotatable bonds is 6. The monoisotopic (exact) mass is 412 g/mol. The first-order valence-corrected chi connectivity index (χ1v) is 9.88. The lowest BCUT2D eigenvalue weighted by atomic mass is 9.93. The van der Waals surface area contributed by atoms with Crippen LogP contribution in [-0.4, -0.2) is 33.6 Å². The maximum atomic E-state index is 13.8. The third kappa shape index (κ3) is 4.32. The summed E-state index contributed by atoms with van der Waals surface area (Å²) in [6, 6.07) is 5.17. The maximum Gasteiger partial charge on any atom is 0.123 e. The van der Waals surface area contributed by atoms with Crippen LogP contribution in [0, 0.1) is 11.2 Å². The molecular formula is C20H27Cl2FN4. The van der Waals surface area contributed by atoms with Gasteiger partial charge in [0.05, 0.1) is 6.54 Å². The molecule has 4 rings (SSSR count). The van der Waals surface area contributed by atoms with Crippen molar-refractivity contribution in [3.05, 3.63) is 52.8 Å². The summed E-state index contributed by atoms with van der Waals surface area (Å²) in [5.74, 6) is 0.836. The molecule has 2 aromatic rings. The lowest BCUT2D eigenvalue weighted by Gasteiger charge is -2.29. The van der Waals surface area contributed by atoms with E-state index in [-0.39, 0.29) is 18.2 Å². The Balaban J connectivity index is 0.00000210. The summed E-state index contributed by atoms with van der Waals surface area (Å²) in [5, 5.41) is 4.10. The molecule has 1 saturated heterocycles. The van der Waals surface area contributed by atoms with Crippen molar-refractivity contribution in [3.63, 3.8) is 0 Å². The highest BCUT2D eigenvalue weighted by Crippen LogP contribution is 2.56. The minimum atomic E-state index is -0.230. The van der Waals surface area contributed by atoms with Crippen molar-refractivity contribution in [2.45, 2.75) is 51.9 Å². The molecule has 27 heavy (non-hydrogen) atoms. The van der Waals surface area contributed by atoms with Gasteiger partial charge in [0.25, 0.3) is 0 Å². The van der Waals surface area contributed by atoms with E-state index in [2.05, 4.69) is 26.7 Å². The molecule has 1 atom stereocenters. The summed E-state index contributed by atoms with van der Waals surface area (Å²) in [6.07, 6.45) is 7.53. The SMILES string of the molecule is CCn1ccnc1CN(Cc1cc(F)ccc1Cl)C1CC12CCNCC2.Cl. The normalized spacial score (nSPS) is 20.7. The van der Waals surface area contributed by atoms with Crippen LogP contribution < -0.4 is 5.32 Å². The summed E-state index contributed by atoms with van der Waals surface area (Å²) >= 11 is 6.36. The van der Waals surface area contributed by atoms with Crippen molar-refractivity contribution >= 4 is 24.0 Å². The van der Waals surface area contributed by atoms with Gasteiger partial charge in [-0.15, -0.1) is 12.4 Å². The minimum Gasteiger partial charge on any atom is -0.334 e. The molecule has 4 nitrogen and oxygen atoms in total. The van der Waals surface area contributed by atoms with Crippen molar-refractivity contribution in [1.29, 1.82) is 0 Å². The average molecular weight is 413 g/mol. The summed E-state index contributed by atoms with van der Waals surface area (Å²) in [7, 11) is 0. The number of aryl methyl sites for hydroxylation is 1. The number of hydrogen-bond acceptors (Lipinski definition) is 3. The molecule has 7 heteroatoms. The van der Waals surface area contributed by atoms with Crippen molar-refractivity contribution in [2.24, 2.45) is 5.41 Å². The molecule has 1 aliphatic carbocycles. The molecule has 1 unspecified atom stereocenters. The third-order valence-electron chi connectivity index (χ3n) is 6.05. The number of halogens is 3. The van der Waals surface area contributed by atoms with Crippen molar-refractivity contribution in [3.8, 4) is 0 Å². The lowest BCUT2D eigenvalue weighted by molar-refractivity contribution is 0.182. The number of hydrogen-bond donors (Lipinski definition) is 1. The van der Waals surface area contributed by atoms with Crippen LogP contribution in [0.5, 0.6) is 0 Å². The molecule has 0 radical (unpaired) electrons. The van der Waals surface area contributed by atoms with E-state index in [9.17, 15) is 4.39 Å². The van der Waals surface area contributed by atoms with E-state index in [0.29, 0.717) is 23.0 Å². The van der Waals surface area contributed by atoms with Crippen LogP contribution in [0.2, 0.25) is 5.02 Å². The molecule has 1 N–H and O–H groups in total. The van der Waals surface area contributed by atoms with Crippen LogP contribution in [0.15, 0.2) is 30.6 Å². The zero-order valence-corrected chi connectivity index (χ0v) is 17.2. The van der Waals surface area contributed by atoms with E-state index in [1.54, 1.807) is 12.1 Å². The van der Waals surface area contributed by atoms with Crippen molar-refractivity contribution in [1.82, 2.24) is 19.8 Å². The maximum absolute atomic E-state index is 13.8. The van der Waals surface area contributed by atoms with E-state index in [4.69, 9.17) is 11.6 Å². The molecule has 1 aromatic carbocycles. The molecule has 148 valence electrons. The fourth-order valence-corrected chi connectivity index (χ4v) is 4.60. The highest BCUT2D eigenvalue weighted by atomic mass is 35.5. The Kier molecular flexibility index (Phi) is 6.46. The van der Waals surface area contributed by atoms with Crippen LogP contribution in [0.4, 0.5) is 4.39 Å². The van der Waals surface area contributed by atoms with Gasteiger partial charge >= 0.3 is 0 Å². The van der Waals surface area contributed by atoms with Gasteiger partial charge in [-0.1, -0.05) is 11.6 Å². The van der Waals surface area contributed by atoms with Crippen LogP contribution in [-0.2, 0) is 19.6 Å². The Bertz CT molecular complexity index is 773. The van der Waals surface area contributed by atoms with Gasteiger partial charge < -0.3 is 9.88 Å². The van der Waals surface area contributed by atoms with Crippen LogP contribution in [0.1, 0.15) is 37.6 Å². The van der Waals surface area contributed by atoms with Gasteiger partial charge in [-0.2, -0.15) is 0 Å². The number of aromatic nitrogens is 2. The standard InChI is InChI=1S/C20H26ClFN4.ClH/c1-2-25-10-9-24-19(25)14-26(13-15-11-16(22)3-4-17(15)21)18-12-20(18)5-7-23-8-6-20;/h3-4,9-11,18,23H,2,5-8,12-14H2,1H3;1H. The molecule has 1 aromatic heterocycles. The molecule has 1 aliphatic heterocycles. The topological polar surface area (TPSA) is 33.1 Å². The second kappa shape index (κ2) is 8.48. The molecule has 2 fully saturated rings. The zero-order chi connectivity index (χ0) is 18.1. The third-order valence-corrected chi connectivity index (χ3v) is 6.42. The van der Waals surface area contributed by atoms with Crippen molar-refractivity contribution < 1.29 is 4.39 Å². The van der Waals surface area contributed by atoms with Crippen molar-refractivity contribution in [2.75, 3.05) is 13.1 Å². The molecule has 0 amide bonds. The van der Waals surface area contributed by atoms with Crippen LogP contribution in [0.25, 0.3) is 0 Å². The van der Waals surface area contributed by atoms with E-state index in [1.807, 2.05) is 12.4 Å². The van der Waals surface area contributed by atoms with Crippen LogP contribution >= 0.6 is 24.0 Å². The van der Waals surface area contributed by atoms with E-state index in [1.165, 1.54) is 25.3 Å². The Labute approximate surface area is 171 Å². The minimum absolute atomic E-state index is 0. The average Bonchev–Trinajstić information content (AvgIpc) is 3.13. The van der Waals surface area contributed by atoms with Gasteiger partial charge in [0.2, 0.25) is 0 Å². The first-order valence-electron chi connectivity index (χ1n) is 9.50. The highest BCUT2D eigenvalue weighted by molar-refractivity contribution is 6.31. The first kappa shape index (κ1) is 20.6. The quantitative estimate of drug-likeness (QED) is 0.768. The van der Waals surface area contributed by atoms with Crippen LogP contribution in [0.3, 0.4) is 0 Å². The zero-order valence-electron chi connectivity index (χ0n) is 15.6. The van der Waals surface area contributed by atoms with Gasteiger partial charge in [-0.05, 0) is 68.5 Å². The molecule has 1 saturated carbocycles. The Morgan fingerprint density at radius 3 is 2.85 bits per heavy atom. The van der Waals surface area contributed by atoms with Gasteiger partial charge in [-0.3, -0.25) is 4.90 Å². The van der Waals surface area contributed by atoms with Gasteiger partial charge in [-0.25, -0.2) is 9.37 Å². The Hall–Kier alpha value is -1.14. The van der Waals surface area contributed by atoms with Gasteiger partial charge in [0.1, 0.15) is 11.6 Å². The van der Waals surface area contributed by atoms with Gasteiger partial charge in [0, 0.05) is 36.5 Å². The second-order valence-corrected chi connectivity index (χ2v) is 8.01. The molecule has 0 bridgehead atoms. The number of benzene rings is 1. The largest absolute Gasteiger partial charge is 0.334 e. The summed E-state index contributed by atoms with van der Waals surface area (Å²) < 4.78 is 15.9. The van der Waals surface area contributed by atoms with E-state index in [0.717, 1.165) is 37.6 Å². The Morgan fingerprint density at radius 2 is 2.11 bits per heavy atom. The smallest absolute Gasteiger partial charge is 0.123 e. The first-order chi connectivity index (χ1) is 12.6. The molecule has 2 aliphatic rings. The predicted molar refractivity (Wildman–Crippen MR) is 109 cm³/mol. The summed E-state index contributed by atoms with van der Waals surface area (Å²) in [5.41, 5.74) is 1.27. The predicted octanol–water partition coefficient (Wildman–Crippen LogP) is 4.26. The fourth-order valence-electron chi connectivity index (χ4n) is 4.43. The number of piperidine rings is 1. The number of nitrogens with one attached hydrogen (secondary N) is 1. The summed E-state index contributed by atoms with van der Waals surface area (Å²) in [4.78, 5) is 7.01. The number of nitrogens with zero attached hydrogens (tertiary/aromatic N) is 3. The molecule has 1 spiro atoms. The Morgan fingerprint density at radius 1 is 1.33 bits per heavy atom. The van der Waals surface area contributed by atoms with E-state index < -0.39 is 0 Å². The second-order valence-electron chi connectivity index (χ2n) is 7.60. The lowest BCUT2D eigenvalue weighted by Crippen LogP contribution is -2.36. The number of imidazole rings is 1. The molecule has 2 heterocycles. The van der Waals surface area contributed by atoms with Gasteiger partial charge in [0.15, 0.2) is 0 Å². The summed E-state index contributed by atoms with van der Waals surface area (Å²) in [6.45, 7) is 6.65.